The summed E-state index contributed by atoms with van der Waals surface area (Å²) in [6.07, 6.45) is 1.07. The molecule has 0 aliphatic heterocycles. The lowest BCUT2D eigenvalue weighted by molar-refractivity contribution is -0.130. The van der Waals surface area contributed by atoms with Crippen LogP contribution in [0.3, 0.4) is 0 Å². The summed E-state index contributed by atoms with van der Waals surface area (Å²) in [5.41, 5.74) is 0.910. The van der Waals surface area contributed by atoms with Crippen molar-refractivity contribution >= 4 is 21.8 Å². The minimum atomic E-state index is -0.271. The third-order valence-corrected chi connectivity index (χ3v) is 3.85. The van der Waals surface area contributed by atoms with Crippen molar-refractivity contribution in [3.8, 4) is 5.75 Å². The molecule has 1 amide bonds. The first-order chi connectivity index (χ1) is 11.0. The summed E-state index contributed by atoms with van der Waals surface area (Å²) in [6.45, 7) is 0.970. The van der Waals surface area contributed by atoms with Gasteiger partial charge >= 0.3 is 0 Å². The van der Waals surface area contributed by atoms with E-state index in [1.807, 2.05) is 24.3 Å². The van der Waals surface area contributed by atoms with Gasteiger partial charge in [0.05, 0.1) is 6.61 Å². The zero-order chi connectivity index (χ0) is 16.7. The second kappa shape index (κ2) is 8.67. The van der Waals surface area contributed by atoms with Crippen LogP contribution in [-0.2, 0) is 11.3 Å². The SMILES string of the molecule is CN(Cc1ccc(F)cc1)C(=O)CCCOc1cccc(Br)c1. The molecular weight excluding hydrogens is 361 g/mol. The van der Waals surface area contributed by atoms with E-state index >= 15 is 0 Å². The lowest BCUT2D eigenvalue weighted by Gasteiger charge is -2.17. The number of benzene rings is 2. The zero-order valence-electron chi connectivity index (χ0n) is 13.0. The van der Waals surface area contributed by atoms with Gasteiger partial charge in [-0.1, -0.05) is 34.1 Å². The number of amides is 1. The Morgan fingerprint density at radius 3 is 2.65 bits per heavy atom. The van der Waals surface area contributed by atoms with E-state index in [9.17, 15) is 9.18 Å². The summed E-state index contributed by atoms with van der Waals surface area (Å²) in [5, 5.41) is 0. The lowest BCUT2D eigenvalue weighted by Crippen LogP contribution is -2.26. The number of hydrogen-bond donors (Lipinski definition) is 0. The molecule has 0 spiro atoms. The number of nitrogens with zero attached hydrogens (tertiary/aromatic N) is 1. The summed E-state index contributed by atoms with van der Waals surface area (Å²) < 4.78 is 19.4. The van der Waals surface area contributed by atoms with Crippen LogP contribution in [0.5, 0.6) is 5.75 Å². The van der Waals surface area contributed by atoms with Crippen molar-refractivity contribution in [1.82, 2.24) is 4.90 Å². The third kappa shape index (κ3) is 6.02. The van der Waals surface area contributed by atoms with Crippen LogP contribution < -0.4 is 4.74 Å². The highest BCUT2D eigenvalue weighted by atomic mass is 79.9. The normalized spacial score (nSPS) is 10.4. The third-order valence-electron chi connectivity index (χ3n) is 3.36. The van der Waals surface area contributed by atoms with Crippen molar-refractivity contribution in [1.29, 1.82) is 0 Å². The van der Waals surface area contributed by atoms with E-state index in [2.05, 4.69) is 15.9 Å². The molecule has 3 nitrogen and oxygen atoms in total. The Labute approximate surface area is 144 Å². The van der Waals surface area contributed by atoms with Gasteiger partial charge in [-0.15, -0.1) is 0 Å². The molecule has 0 saturated heterocycles. The highest BCUT2D eigenvalue weighted by Gasteiger charge is 2.09. The Morgan fingerprint density at radius 2 is 1.96 bits per heavy atom. The Kier molecular flexibility index (Phi) is 6.59. The van der Waals surface area contributed by atoms with Crippen molar-refractivity contribution in [2.24, 2.45) is 0 Å². The number of halogens is 2. The molecule has 0 heterocycles. The van der Waals surface area contributed by atoms with Gasteiger partial charge in [-0.25, -0.2) is 4.39 Å². The predicted molar refractivity (Wildman–Crippen MR) is 91.7 cm³/mol. The first-order valence-corrected chi connectivity index (χ1v) is 8.20. The van der Waals surface area contributed by atoms with Gasteiger partial charge in [-0.3, -0.25) is 4.79 Å². The average molecular weight is 380 g/mol. The smallest absolute Gasteiger partial charge is 0.222 e. The number of rotatable bonds is 7. The first kappa shape index (κ1) is 17.5. The summed E-state index contributed by atoms with van der Waals surface area (Å²) in [6, 6.07) is 13.8. The summed E-state index contributed by atoms with van der Waals surface area (Å²) in [7, 11) is 1.75. The van der Waals surface area contributed by atoms with Crippen molar-refractivity contribution in [3.05, 3.63) is 64.4 Å². The number of hydrogen-bond acceptors (Lipinski definition) is 2. The first-order valence-electron chi connectivity index (χ1n) is 7.41. The minimum absolute atomic E-state index is 0.0483. The van der Waals surface area contributed by atoms with E-state index in [0.717, 1.165) is 15.8 Å². The van der Waals surface area contributed by atoms with Crippen LogP contribution in [0.15, 0.2) is 53.0 Å². The number of carbonyl (C=O) groups excluding carboxylic acids is 1. The Morgan fingerprint density at radius 1 is 1.22 bits per heavy atom. The summed E-state index contributed by atoms with van der Waals surface area (Å²) in [5.74, 6) is 0.561. The van der Waals surface area contributed by atoms with Gasteiger partial charge < -0.3 is 9.64 Å². The van der Waals surface area contributed by atoms with Crippen molar-refractivity contribution in [3.63, 3.8) is 0 Å². The standard InChI is InChI=1S/C18H19BrFNO2/c1-21(13-14-7-9-16(20)10-8-14)18(22)6-3-11-23-17-5-2-4-15(19)12-17/h2,4-5,7-10,12H,3,6,11,13H2,1H3. The Hall–Kier alpha value is -1.88. The van der Waals surface area contributed by atoms with Gasteiger partial charge in [0.25, 0.3) is 0 Å². The largest absolute Gasteiger partial charge is 0.494 e. The van der Waals surface area contributed by atoms with Crippen LogP contribution in [0.2, 0.25) is 0 Å². The van der Waals surface area contributed by atoms with Crippen LogP contribution >= 0.6 is 15.9 Å². The van der Waals surface area contributed by atoms with Gasteiger partial charge in [0.2, 0.25) is 5.91 Å². The fourth-order valence-electron chi connectivity index (χ4n) is 2.11. The molecule has 122 valence electrons. The molecule has 2 rings (SSSR count). The molecule has 0 radical (unpaired) electrons. The van der Waals surface area contributed by atoms with E-state index in [0.29, 0.717) is 26.0 Å². The molecule has 0 N–H and O–H groups in total. The molecule has 2 aromatic carbocycles. The molecular formula is C18H19BrFNO2. The van der Waals surface area contributed by atoms with Gasteiger partial charge in [0.15, 0.2) is 0 Å². The molecule has 0 fully saturated rings. The molecule has 5 heteroatoms. The molecule has 0 aromatic heterocycles. The summed E-state index contributed by atoms with van der Waals surface area (Å²) >= 11 is 3.39. The highest BCUT2D eigenvalue weighted by molar-refractivity contribution is 9.10. The van der Waals surface area contributed by atoms with Crippen molar-refractivity contribution < 1.29 is 13.9 Å². The maximum absolute atomic E-state index is 12.9. The van der Waals surface area contributed by atoms with E-state index in [1.165, 1.54) is 12.1 Å². The van der Waals surface area contributed by atoms with E-state index in [4.69, 9.17) is 4.74 Å². The number of carbonyl (C=O) groups is 1. The molecule has 0 saturated carbocycles. The molecule has 2 aromatic rings. The van der Waals surface area contributed by atoms with Crippen LogP contribution in [0.4, 0.5) is 4.39 Å². The fraction of sp³-hybridized carbons (Fsp3) is 0.278. The highest BCUT2D eigenvalue weighted by Crippen LogP contribution is 2.18. The maximum atomic E-state index is 12.9. The summed E-state index contributed by atoms with van der Waals surface area (Å²) in [4.78, 5) is 13.7. The van der Waals surface area contributed by atoms with Crippen LogP contribution in [0.25, 0.3) is 0 Å². The quantitative estimate of drug-likeness (QED) is 0.667. The van der Waals surface area contributed by atoms with Gasteiger partial charge in [-0.05, 0) is 42.3 Å². The fourth-order valence-corrected chi connectivity index (χ4v) is 2.49. The predicted octanol–water partition coefficient (Wildman–Crippen LogP) is 4.41. The van der Waals surface area contributed by atoms with Crippen LogP contribution in [0, 0.1) is 5.82 Å². The molecule has 0 unspecified atom stereocenters. The van der Waals surface area contributed by atoms with Crippen LogP contribution in [-0.4, -0.2) is 24.5 Å². The molecule has 0 bridgehead atoms. The molecule has 0 aliphatic carbocycles. The van der Waals surface area contributed by atoms with Crippen molar-refractivity contribution in [2.45, 2.75) is 19.4 Å². The van der Waals surface area contributed by atoms with E-state index in [-0.39, 0.29) is 11.7 Å². The second-order valence-corrected chi connectivity index (χ2v) is 6.20. The van der Waals surface area contributed by atoms with E-state index in [1.54, 1.807) is 24.1 Å². The van der Waals surface area contributed by atoms with Crippen molar-refractivity contribution in [2.75, 3.05) is 13.7 Å². The Bertz CT molecular complexity index is 646. The molecule has 0 atom stereocenters. The monoisotopic (exact) mass is 379 g/mol. The lowest BCUT2D eigenvalue weighted by atomic mass is 10.2. The van der Waals surface area contributed by atoms with Gasteiger partial charge in [0, 0.05) is 24.5 Å². The van der Waals surface area contributed by atoms with E-state index < -0.39 is 0 Å². The minimum Gasteiger partial charge on any atom is -0.494 e. The van der Waals surface area contributed by atoms with Crippen LogP contribution in [0.1, 0.15) is 18.4 Å². The second-order valence-electron chi connectivity index (χ2n) is 5.29. The number of ether oxygens (including phenoxy) is 1. The maximum Gasteiger partial charge on any atom is 0.222 e. The molecule has 23 heavy (non-hydrogen) atoms. The zero-order valence-corrected chi connectivity index (χ0v) is 14.6. The molecule has 0 aliphatic rings. The van der Waals surface area contributed by atoms with Gasteiger partial charge in [-0.2, -0.15) is 0 Å². The Balaban J connectivity index is 1.70. The van der Waals surface area contributed by atoms with Gasteiger partial charge in [0.1, 0.15) is 11.6 Å². The topological polar surface area (TPSA) is 29.5 Å². The average Bonchev–Trinajstić information content (AvgIpc) is 2.53.